The van der Waals surface area contributed by atoms with Crippen molar-refractivity contribution in [3.05, 3.63) is 35.4 Å². The summed E-state index contributed by atoms with van der Waals surface area (Å²) < 4.78 is 5.30. The molecule has 1 aromatic carbocycles. The number of nitrogens with one attached hydrogen (secondary N) is 1. The standard InChI is InChI=1S/C17H27NO/c1-12(2)17(11-19-4)18-16-9-15(10-16)14-7-5-13(3)6-8-14/h5-8,12,15-18H,9-11H2,1-4H3. The van der Waals surface area contributed by atoms with Crippen molar-refractivity contribution in [2.45, 2.75) is 51.6 Å². The van der Waals surface area contributed by atoms with Gasteiger partial charge < -0.3 is 10.1 Å². The van der Waals surface area contributed by atoms with Crippen LogP contribution in [0.1, 0.15) is 43.7 Å². The minimum atomic E-state index is 0.481. The van der Waals surface area contributed by atoms with Crippen molar-refractivity contribution >= 4 is 0 Å². The Bertz CT molecular complexity index is 379. The van der Waals surface area contributed by atoms with E-state index in [4.69, 9.17) is 4.74 Å². The third kappa shape index (κ3) is 3.80. The normalized spacial score (nSPS) is 24.3. The van der Waals surface area contributed by atoms with Gasteiger partial charge in [0.1, 0.15) is 0 Å². The molecule has 1 aliphatic rings. The molecule has 1 fully saturated rings. The number of benzene rings is 1. The summed E-state index contributed by atoms with van der Waals surface area (Å²) in [4.78, 5) is 0. The topological polar surface area (TPSA) is 21.3 Å². The summed E-state index contributed by atoms with van der Waals surface area (Å²) in [5.74, 6) is 1.37. The molecule has 1 N–H and O–H groups in total. The summed E-state index contributed by atoms with van der Waals surface area (Å²) in [5, 5.41) is 3.74. The summed E-state index contributed by atoms with van der Waals surface area (Å²) in [6.45, 7) is 7.47. The van der Waals surface area contributed by atoms with E-state index < -0.39 is 0 Å². The first-order chi connectivity index (χ1) is 9.10. The zero-order valence-electron chi connectivity index (χ0n) is 12.6. The zero-order chi connectivity index (χ0) is 13.8. The van der Waals surface area contributed by atoms with Gasteiger partial charge in [-0.1, -0.05) is 43.7 Å². The Labute approximate surface area is 117 Å². The summed E-state index contributed by atoms with van der Waals surface area (Å²) >= 11 is 0. The molecular weight excluding hydrogens is 234 g/mol. The van der Waals surface area contributed by atoms with Crippen molar-refractivity contribution in [3.63, 3.8) is 0 Å². The molecular formula is C17H27NO. The number of hydrogen-bond acceptors (Lipinski definition) is 2. The Kier molecular flexibility index (Phi) is 5.00. The third-order valence-corrected chi connectivity index (χ3v) is 4.29. The minimum absolute atomic E-state index is 0.481. The third-order valence-electron chi connectivity index (χ3n) is 4.29. The van der Waals surface area contributed by atoms with Gasteiger partial charge >= 0.3 is 0 Å². The Balaban J connectivity index is 1.80. The number of aryl methyl sites for hydroxylation is 1. The largest absolute Gasteiger partial charge is 0.383 e. The molecule has 106 valence electrons. The van der Waals surface area contributed by atoms with Gasteiger partial charge in [0.2, 0.25) is 0 Å². The van der Waals surface area contributed by atoms with Crippen LogP contribution in [0.25, 0.3) is 0 Å². The van der Waals surface area contributed by atoms with Gasteiger partial charge in [0, 0.05) is 19.2 Å². The van der Waals surface area contributed by atoms with Crippen molar-refractivity contribution in [3.8, 4) is 0 Å². The molecule has 1 unspecified atom stereocenters. The highest BCUT2D eigenvalue weighted by atomic mass is 16.5. The van der Waals surface area contributed by atoms with E-state index in [2.05, 4.69) is 50.4 Å². The lowest BCUT2D eigenvalue weighted by Crippen LogP contribution is -2.49. The lowest BCUT2D eigenvalue weighted by molar-refractivity contribution is 0.126. The van der Waals surface area contributed by atoms with E-state index in [0.29, 0.717) is 18.0 Å². The number of methoxy groups -OCH3 is 1. The molecule has 19 heavy (non-hydrogen) atoms. The van der Waals surface area contributed by atoms with E-state index in [1.54, 1.807) is 7.11 Å². The van der Waals surface area contributed by atoms with Crippen molar-refractivity contribution in [2.24, 2.45) is 5.92 Å². The molecule has 0 heterocycles. The van der Waals surface area contributed by atoms with E-state index >= 15 is 0 Å². The van der Waals surface area contributed by atoms with Gasteiger partial charge in [-0.25, -0.2) is 0 Å². The van der Waals surface area contributed by atoms with Gasteiger partial charge in [-0.3, -0.25) is 0 Å². The van der Waals surface area contributed by atoms with Crippen LogP contribution in [0.15, 0.2) is 24.3 Å². The predicted molar refractivity (Wildman–Crippen MR) is 80.6 cm³/mol. The van der Waals surface area contributed by atoms with Crippen molar-refractivity contribution in [1.82, 2.24) is 5.32 Å². The molecule has 0 radical (unpaired) electrons. The summed E-state index contributed by atoms with van der Waals surface area (Å²) in [6.07, 6.45) is 2.52. The highest BCUT2D eigenvalue weighted by Gasteiger charge is 2.32. The van der Waals surface area contributed by atoms with Gasteiger partial charge in [-0.05, 0) is 37.2 Å². The molecule has 2 heteroatoms. The van der Waals surface area contributed by atoms with Crippen LogP contribution < -0.4 is 5.32 Å². The van der Waals surface area contributed by atoms with Crippen molar-refractivity contribution < 1.29 is 4.74 Å². The van der Waals surface area contributed by atoms with Crippen LogP contribution in [0, 0.1) is 12.8 Å². The molecule has 0 amide bonds. The monoisotopic (exact) mass is 261 g/mol. The second kappa shape index (κ2) is 6.53. The second-order valence-corrected chi connectivity index (χ2v) is 6.25. The average molecular weight is 261 g/mol. The second-order valence-electron chi connectivity index (χ2n) is 6.25. The Morgan fingerprint density at radius 2 is 1.84 bits per heavy atom. The SMILES string of the molecule is COCC(NC1CC(c2ccc(C)cc2)C1)C(C)C. The van der Waals surface area contributed by atoms with Gasteiger partial charge in [0.05, 0.1) is 6.61 Å². The first kappa shape index (κ1) is 14.5. The molecule has 0 bridgehead atoms. The zero-order valence-corrected chi connectivity index (χ0v) is 12.6. The van der Waals surface area contributed by atoms with Gasteiger partial charge in [-0.2, -0.15) is 0 Å². The summed E-state index contributed by atoms with van der Waals surface area (Å²) in [6, 6.07) is 10.1. The molecule has 1 atom stereocenters. The fourth-order valence-corrected chi connectivity index (χ4v) is 2.78. The molecule has 1 aromatic rings. The maximum atomic E-state index is 5.30. The van der Waals surface area contributed by atoms with Crippen LogP contribution in [0.4, 0.5) is 0 Å². The van der Waals surface area contributed by atoms with Crippen LogP contribution in [-0.4, -0.2) is 25.8 Å². The molecule has 0 aromatic heterocycles. The Morgan fingerprint density at radius 3 is 2.37 bits per heavy atom. The van der Waals surface area contributed by atoms with Crippen molar-refractivity contribution in [1.29, 1.82) is 0 Å². The van der Waals surface area contributed by atoms with E-state index in [1.165, 1.54) is 24.0 Å². The van der Waals surface area contributed by atoms with Crippen LogP contribution in [0.3, 0.4) is 0 Å². The average Bonchev–Trinajstić information content (AvgIpc) is 2.33. The molecule has 2 rings (SSSR count). The molecule has 0 spiro atoms. The molecule has 0 saturated heterocycles. The van der Waals surface area contributed by atoms with Crippen molar-refractivity contribution in [2.75, 3.05) is 13.7 Å². The number of hydrogen-bond donors (Lipinski definition) is 1. The summed E-state index contributed by atoms with van der Waals surface area (Å²) in [5.41, 5.74) is 2.84. The first-order valence-corrected chi connectivity index (χ1v) is 7.41. The summed E-state index contributed by atoms with van der Waals surface area (Å²) in [7, 11) is 1.78. The van der Waals surface area contributed by atoms with Crippen LogP contribution >= 0.6 is 0 Å². The number of ether oxygens (including phenoxy) is 1. The minimum Gasteiger partial charge on any atom is -0.383 e. The lowest BCUT2D eigenvalue weighted by atomic mass is 9.75. The predicted octanol–water partition coefficient (Wildman–Crippen LogP) is 3.50. The molecule has 1 saturated carbocycles. The highest BCUT2D eigenvalue weighted by Crippen LogP contribution is 2.37. The van der Waals surface area contributed by atoms with E-state index in [1.807, 2.05) is 0 Å². The molecule has 2 nitrogen and oxygen atoms in total. The van der Waals surface area contributed by atoms with Gasteiger partial charge in [-0.15, -0.1) is 0 Å². The van der Waals surface area contributed by atoms with E-state index in [9.17, 15) is 0 Å². The molecule has 1 aliphatic carbocycles. The van der Waals surface area contributed by atoms with E-state index in [0.717, 1.165) is 12.5 Å². The van der Waals surface area contributed by atoms with Gasteiger partial charge in [0.25, 0.3) is 0 Å². The van der Waals surface area contributed by atoms with E-state index in [-0.39, 0.29) is 0 Å². The quantitative estimate of drug-likeness (QED) is 0.846. The Morgan fingerprint density at radius 1 is 1.21 bits per heavy atom. The maximum absolute atomic E-state index is 5.30. The molecule has 0 aliphatic heterocycles. The fraction of sp³-hybridized carbons (Fsp3) is 0.647. The van der Waals surface area contributed by atoms with Gasteiger partial charge in [0.15, 0.2) is 0 Å². The fourth-order valence-electron chi connectivity index (χ4n) is 2.78. The smallest absolute Gasteiger partial charge is 0.0618 e. The highest BCUT2D eigenvalue weighted by molar-refractivity contribution is 5.26. The van der Waals surface area contributed by atoms with Crippen LogP contribution in [0.2, 0.25) is 0 Å². The number of rotatable bonds is 6. The Hall–Kier alpha value is -0.860. The van der Waals surface area contributed by atoms with Crippen LogP contribution in [0.5, 0.6) is 0 Å². The maximum Gasteiger partial charge on any atom is 0.0618 e. The lowest BCUT2D eigenvalue weighted by Gasteiger charge is -2.39. The van der Waals surface area contributed by atoms with Crippen LogP contribution in [-0.2, 0) is 4.74 Å². The first-order valence-electron chi connectivity index (χ1n) is 7.41.